The Labute approximate surface area is 146 Å². The number of rotatable bonds is 2. The zero-order valence-electron chi connectivity index (χ0n) is 14.3. The molecule has 2 aromatic rings. The number of aromatic nitrogens is 2. The van der Waals surface area contributed by atoms with Crippen LogP contribution in [-0.4, -0.2) is 40.5 Å². The van der Waals surface area contributed by atoms with E-state index < -0.39 is 0 Å². The second-order valence-corrected chi connectivity index (χ2v) is 6.58. The lowest BCUT2D eigenvalue weighted by atomic mass is 9.94. The van der Waals surface area contributed by atoms with Crippen molar-refractivity contribution in [2.45, 2.75) is 38.7 Å². The highest BCUT2D eigenvalue weighted by Gasteiger charge is 2.32. The van der Waals surface area contributed by atoms with Gasteiger partial charge in [-0.15, -0.1) is 0 Å². The average molecular weight is 342 g/mol. The predicted octanol–water partition coefficient (Wildman–Crippen LogP) is 2.05. The summed E-state index contributed by atoms with van der Waals surface area (Å²) in [5, 5.41) is 0. The zero-order chi connectivity index (χ0) is 17.4. The number of fused-ring (bicyclic) bond motifs is 1. The van der Waals surface area contributed by atoms with Crippen molar-refractivity contribution in [3.8, 4) is 0 Å². The van der Waals surface area contributed by atoms with Crippen LogP contribution >= 0.6 is 0 Å². The number of ether oxygens (including phenoxy) is 1. The second kappa shape index (κ2) is 6.48. The smallest absolute Gasteiger partial charge is 0.257 e. The Morgan fingerprint density at radius 3 is 2.92 bits per heavy atom. The van der Waals surface area contributed by atoms with Gasteiger partial charge in [0, 0.05) is 30.9 Å². The predicted molar refractivity (Wildman–Crippen MR) is 91.1 cm³/mol. The van der Waals surface area contributed by atoms with Gasteiger partial charge in [0.25, 0.3) is 5.91 Å². The van der Waals surface area contributed by atoms with Crippen molar-refractivity contribution in [3.63, 3.8) is 0 Å². The maximum atomic E-state index is 13.2. The number of furan rings is 1. The molecular weight excluding hydrogens is 320 g/mol. The van der Waals surface area contributed by atoms with Crippen LogP contribution < -0.4 is 5.73 Å². The molecule has 0 spiro atoms. The van der Waals surface area contributed by atoms with Gasteiger partial charge >= 0.3 is 0 Å². The number of nitrogens with two attached hydrogens (primary N) is 1. The fraction of sp³-hybridized carbons (Fsp3) is 0.500. The topological polar surface area (TPSA) is 94.5 Å². The number of hydrogen-bond donors (Lipinski definition) is 1. The van der Waals surface area contributed by atoms with Crippen LogP contribution in [-0.2, 0) is 17.6 Å². The molecule has 1 aliphatic carbocycles. The molecule has 0 aromatic carbocycles. The maximum Gasteiger partial charge on any atom is 0.257 e. The van der Waals surface area contributed by atoms with Crippen molar-refractivity contribution in [1.82, 2.24) is 14.9 Å². The summed E-state index contributed by atoms with van der Waals surface area (Å²) in [7, 11) is 0. The van der Waals surface area contributed by atoms with E-state index in [1.165, 1.54) is 0 Å². The van der Waals surface area contributed by atoms with Crippen molar-refractivity contribution in [2.75, 3.05) is 25.4 Å². The molecule has 2 aliphatic rings. The molecule has 1 amide bonds. The van der Waals surface area contributed by atoms with Gasteiger partial charge < -0.3 is 19.8 Å². The Balaban J connectivity index is 1.59. The van der Waals surface area contributed by atoms with E-state index in [1.54, 1.807) is 12.4 Å². The third kappa shape index (κ3) is 2.89. The van der Waals surface area contributed by atoms with Gasteiger partial charge in [-0.25, -0.2) is 4.98 Å². The first-order valence-corrected chi connectivity index (χ1v) is 8.73. The molecule has 4 rings (SSSR count). The quantitative estimate of drug-likeness (QED) is 0.897. The van der Waals surface area contributed by atoms with Gasteiger partial charge in [-0.2, -0.15) is 0 Å². The molecule has 0 unspecified atom stereocenters. The molecule has 25 heavy (non-hydrogen) atoms. The SMILES string of the molecule is Cc1oc2c(c1C(=O)N1CCO[C@@H](c3nccnc3N)C1)CCCC2. The molecule has 0 radical (unpaired) electrons. The minimum atomic E-state index is -0.352. The van der Waals surface area contributed by atoms with Crippen LogP contribution in [0.4, 0.5) is 5.82 Å². The molecule has 0 saturated carbocycles. The van der Waals surface area contributed by atoms with Crippen LogP contribution in [0, 0.1) is 6.92 Å². The minimum absolute atomic E-state index is 0.0140. The number of hydrogen-bond acceptors (Lipinski definition) is 6. The van der Waals surface area contributed by atoms with Gasteiger partial charge in [0.05, 0.1) is 18.7 Å². The van der Waals surface area contributed by atoms with Crippen molar-refractivity contribution >= 4 is 11.7 Å². The molecule has 7 heteroatoms. The highest BCUT2D eigenvalue weighted by atomic mass is 16.5. The van der Waals surface area contributed by atoms with E-state index in [-0.39, 0.29) is 12.0 Å². The third-order valence-electron chi connectivity index (χ3n) is 4.98. The molecule has 1 atom stereocenters. The molecule has 132 valence electrons. The van der Waals surface area contributed by atoms with E-state index in [9.17, 15) is 4.79 Å². The fourth-order valence-electron chi connectivity index (χ4n) is 3.75. The molecule has 7 nitrogen and oxygen atoms in total. The zero-order valence-corrected chi connectivity index (χ0v) is 14.3. The molecule has 2 aromatic heterocycles. The first-order chi connectivity index (χ1) is 12.1. The van der Waals surface area contributed by atoms with Crippen LogP contribution in [0.3, 0.4) is 0 Å². The standard InChI is InChI=1S/C18H22N4O3/c1-11-15(12-4-2-3-5-13(12)25-11)18(23)22-8-9-24-14(10-22)16-17(19)21-7-6-20-16/h6-7,14H,2-5,8-10H2,1H3,(H2,19,21)/t14-/m1/s1. The summed E-state index contributed by atoms with van der Waals surface area (Å²) in [4.78, 5) is 23.3. The number of nitrogens with zero attached hydrogens (tertiary/aromatic N) is 3. The van der Waals surface area contributed by atoms with Crippen molar-refractivity contribution in [3.05, 3.63) is 40.7 Å². The molecule has 2 N–H and O–H groups in total. The Bertz CT molecular complexity index is 802. The Morgan fingerprint density at radius 1 is 1.28 bits per heavy atom. The van der Waals surface area contributed by atoms with Crippen LogP contribution in [0.2, 0.25) is 0 Å². The third-order valence-corrected chi connectivity index (χ3v) is 4.98. The lowest BCUT2D eigenvalue weighted by Crippen LogP contribution is -2.43. The summed E-state index contributed by atoms with van der Waals surface area (Å²) in [6.45, 7) is 3.30. The van der Waals surface area contributed by atoms with E-state index in [2.05, 4.69) is 9.97 Å². The number of anilines is 1. The van der Waals surface area contributed by atoms with Crippen LogP contribution in [0.1, 0.15) is 52.1 Å². The number of morpholine rings is 1. The van der Waals surface area contributed by atoms with E-state index in [0.29, 0.717) is 31.2 Å². The number of carbonyl (C=O) groups is 1. The monoisotopic (exact) mass is 342 g/mol. The van der Waals surface area contributed by atoms with E-state index >= 15 is 0 Å². The summed E-state index contributed by atoms with van der Waals surface area (Å²) >= 11 is 0. The number of nitrogen functional groups attached to an aromatic ring is 1. The molecule has 3 heterocycles. The van der Waals surface area contributed by atoms with E-state index in [4.69, 9.17) is 14.9 Å². The normalized spacial score (nSPS) is 20.4. The Morgan fingerprint density at radius 2 is 2.08 bits per heavy atom. The average Bonchev–Trinajstić information content (AvgIpc) is 2.97. The lowest BCUT2D eigenvalue weighted by Gasteiger charge is -2.33. The number of aryl methyl sites for hydroxylation is 2. The van der Waals surface area contributed by atoms with E-state index in [1.807, 2.05) is 11.8 Å². The molecule has 0 bridgehead atoms. The van der Waals surface area contributed by atoms with Crippen LogP contribution in [0.5, 0.6) is 0 Å². The second-order valence-electron chi connectivity index (χ2n) is 6.58. The Kier molecular flexibility index (Phi) is 4.17. The maximum absolute atomic E-state index is 13.2. The van der Waals surface area contributed by atoms with Crippen molar-refractivity contribution < 1.29 is 13.9 Å². The molecular formula is C18H22N4O3. The fourth-order valence-corrected chi connectivity index (χ4v) is 3.75. The highest BCUT2D eigenvalue weighted by molar-refractivity contribution is 5.97. The minimum Gasteiger partial charge on any atom is -0.465 e. The highest BCUT2D eigenvalue weighted by Crippen LogP contribution is 2.32. The first kappa shape index (κ1) is 16.1. The summed E-state index contributed by atoms with van der Waals surface area (Å²) < 4.78 is 11.6. The summed E-state index contributed by atoms with van der Waals surface area (Å²) in [5.74, 6) is 2.06. The number of amides is 1. The van der Waals surface area contributed by atoms with E-state index in [0.717, 1.165) is 48.3 Å². The molecule has 1 fully saturated rings. The summed E-state index contributed by atoms with van der Waals surface area (Å²) in [6, 6.07) is 0. The Hall–Kier alpha value is -2.41. The van der Waals surface area contributed by atoms with Gasteiger partial charge in [-0.1, -0.05) is 0 Å². The molecule has 1 saturated heterocycles. The van der Waals surface area contributed by atoms with Gasteiger partial charge in [-0.05, 0) is 26.2 Å². The van der Waals surface area contributed by atoms with Gasteiger partial charge in [0.1, 0.15) is 29.1 Å². The van der Waals surface area contributed by atoms with Crippen molar-refractivity contribution in [2.24, 2.45) is 0 Å². The van der Waals surface area contributed by atoms with Crippen LogP contribution in [0.25, 0.3) is 0 Å². The van der Waals surface area contributed by atoms with Crippen LogP contribution in [0.15, 0.2) is 16.8 Å². The van der Waals surface area contributed by atoms with Gasteiger partial charge in [0.2, 0.25) is 0 Å². The largest absolute Gasteiger partial charge is 0.465 e. The van der Waals surface area contributed by atoms with Crippen molar-refractivity contribution in [1.29, 1.82) is 0 Å². The first-order valence-electron chi connectivity index (χ1n) is 8.73. The molecule has 1 aliphatic heterocycles. The summed E-state index contributed by atoms with van der Waals surface area (Å²) in [5.41, 5.74) is 8.33. The lowest BCUT2D eigenvalue weighted by molar-refractivity contribution is -0.0245. The number of carbonyl (C=O) groups excluding carboxylic acids is 1. The summed E-state index contributed by atoms with van der Waals surface area (Å²) in [6.07, 6.45) is 6.85. The van der Waals surface area contributed by atoms with Gasteiger partial charge in [0.15, 0.2) is 0 Å². The van der Waals surface area contributed by atoms with Gasteiger partial charge in [-0.3, -0.25) is 9.78 Å².